The lowest BCUT2D eigenvalue weighted by atomic mass is 10.3. The average Bonchev–Trinajstić information content (AvgIpc) is 2.65. The molecule has 0 amide bonds. The van der Waals surface area contributed by atoms with Crippen molar-refractivity contribution in [2.45, 2.75) is 0 Å². The van der Waals surface area contributed by atoms with E-state index in [0.29, 0.717) is 23.4 Å². The Bertz CT molecular complexity index is 446. The highest BCUT2D eigenvalue weighted by Crippen LogP contribution is 2.09. The first-order valence-corrected chi connectivity index (χ1v) is 4.07. The Balaban J connectivity index is 2.38. The van der Waals surface area contributed by atoms with Gasteiger partial charge in [0.15, 0.2) is 12.1 Å². The topological polar surface area (TPSA) is 60.7 Å². The van der Waals surface area contributed by atoms with E-state index in [-0.39, 0.29) is 0 Å². The van der Waals surface area contributed by atoms with Crippen molar-refractivity contribution in [3.63, 3.8) is 0 Å². The number of hydrogen-bond acceptors (Lipinski definition) is 4. The van der Waals surface area contributed by atoms with E-state index in [0.717, 1.165) is 0 Å². The number of hydrogen-bond donors (Lipinski definition) is 0. The molecule has 2 rings (SSSR count). The maximum Gasteiger partial charge on any atom is 0.180 e. The van der Waals surface area contributed by atoms with E-state index >= 15 is 0 Å². The van der Waals surface area contributed by atoms with Crippen LogP contribution in [0, 0.1) is 0 Å². The molecular weight excluding hydrogens is 180 g/mol. The zero-order chi connectivity index (χ0) is 9.97. The molecule has 5 nitrogen and oxygen atoms in total. The molecule has 0 fully saturated rings. The number of rotatable bonds is 2. The van der Waals surface area contributed by atoms with Crippen molar-refractivity contribution in [1.29, 1.82) is 0 Å². The third kappa shape index (κ3) is 1.52. The van der Waals surface area contributed by atoms with Gasteiger partial charge in [-0.3, -0.25) is 9.48 Å². The minimum absolute atomic E-state index is 0.463. The summed E-state index contributed by atoms with van der Waals surface area (Å²) in [5, 5.41) is 4.14. The van der Waals surface area contributed by atoms with Crippen LogP contribution in [0.15, 0.2) is 24.7 Å². The van der Waals surface area contributed by atoms with Crippen LogP contribution in [0.1, 0.15) is 10.4 Å². The molecule has 5 heteroatoms. The van der Waals surface area contributed by atoms with E-state index in [1.54, 1.807) is 4.68 Å². The fraction of sp³-hybridized carbons (Fsp3) is 0.111. The minimum Gasteiger partial charge on any atom is -0.298 e. The number of aldehydes is 1. The zero-order valence-corrected chi connectivity index (χ0v) is 7.58. The normalized spacial score (nSPS) is 10.1. The number of aryl methyl sites for hydroxylation is 1. The van der Waals surface area contributed by atoms with Gasteiger partial charge in [0.2, 0.25) is 0 Å². The van der Waals surface area contributed by atoms with Crippen LogP contribution in [0.25, 0.3) is 11.5 Å². The smallest absolute Gasteiger partial charge is 0.180 e. The van der Waals surface area contributed by atoms with Crippen LogP contribution in [0.2, 0.25) is 0 Å². The molecular formula is C9H8N4O. The fourth-order valence-corrected chi connectivity index (χ4v) is 1.07. The molecule has 0 saturated heterocycles. The maximum atomic E-state index is 10.4. The summed E-state index contributed by atoms with van der Waals surface area (Å²) in [6, 6.07) is 1.82. The van der Waals surface area contributed by atoms with Gasteiger partial charge in [-0.15, -0.1) is 0 Å². The third-order valence-electron chi connectivity index (χ3n) is 1.75. The Labute approximate surface area is 80.4 Å². The van der Waals surface area contributed by atoms with Gasteiger partial charge in [-0.05, 0) is 6.07 Å². The zero-order valence-electron chi connectivity index (χ0n) is 7.58. The average molecular weight is 188 g/mol. The van der Waals surface area contributed by atoms with Gasteiger partial charge in [-0.2, -0.15) is 5.10 Å². The Kier molecular flexibility index (Phi) is 2.06. The molecule has 2 heterocycles. The van der Waals surface area contributed by atoms with Crippen molar-refractivity contribution in [3.05, 3.63) is 30.2 Å². The predicted octanol–water partition coefficient (Wildman–Crippen LogP) is 0.690. The van der Waals surface area contributed by atoms with Crippen molar-refractivity contribution in [2.24, 2.45) is 7.05 Å². The molecule has 2 aromatic heterocycles. The molecule has 0 aliphatic heterocycles. The van der Waals surface area contributed by atoms with Crippen LogP contribution < -0.4 is 0 Å². The molecule has 0 saturated carbocycles. The van der Waals surface area contributed by atoms with Crippen molar-refractivity contribution >= 4 is 6.29 Å². The summed E-state index contributed by atoms with van der Waals surface area (Å²) in [7, 11) is 1.82. The summed E-state index contributed by atoms with van der Waals surface area (Å²) in [5.41, 5.74) is 1.16. The van der Waals surface area contributed by atoms with E-state index in [1.807, 2.05) is 19.3 Å². The van der Waals surface area contributed by atoms with E-state index in [2.05, 4.69) is 15.1 Å². The van der Waals surface area contributed by atoms with Gasteiger partial charge in [0.1, 0.15) is 5.69 Å². The van der Waals surface area contributed by atoms with Crippen molar-refractivity contribution in [3.8, 4) is 11.5 Å². The van der Waals surface area contributed by atoms with Crippen LogP contribution >= 0.6 is 0 Å². The van der Waals surface area contributed by atoms with Crippen molar-refractivity contribution in [1.82, 2.24) is 19.7 Å². The Morgan fingerprint density at radius 1 is 1.36 bits per heavy atom. The lowest BCUT2D eigenvalue weighted by Gasteiger charge is -1.94. The van der Waals surface area contributed by atoms with Gasteiger partial charge in [0, 0.05) is 25.6 Å². The molecule has 14 heavy (non-hydrogen) atoms. The number of carbonyl (C=O) groups excluding carboxylic acids is 1. The molecule has 0 aliphatic rings. The Hall–Kier alpha value is -2.04. The van der Waals surface area contributed by atoms with Gasteiger partial charge in [-0.25, -0.2) is 9.97 Å². The van der Waals surface area contributed by atoms with Crippen LogP contribution in [-0.2, 0) is 7.05 Å². The molecule has 0 radical (unpaired) electrons. The van der Waals surface area contributed by atoms with Gasteiger partial charge in [0.25, 0.3) is 0 Å². The molecule has 0 aromatic carbocycles. The third-order valence-corrected chi connectivity index (χ3v) is 1.75. The van der Waals surface area contributed by atoms with Gasteiger partial charge >= 0.3 is 0 Å². The van der Waals surface area contributed by atoms with E-state index in [9.17, 15) is 4.79 Å². The molecule has 2 aromatic rings. The molecule has 70 valence electrons. The SMILES string of the molecule is Cn1ccc(-c2ncc(C=O)cn2)n1. The fourth-order valence-electron chi connectivity index (χ4n) is 1.07. The highest BCUT2D eigenvalue weighted by molar-refractivity contribution is 5.73. The van der Waals surface area contributed by atoms with Crippen molar-refractivity contribution in [2.75, 3.05) is 0 Å². The summed E-state index contributed by atoms with van der Waals surface area (Å²) >= 11 is 0. The quantitative estimate of drug-likeness (QED) is 0.650. The summed E-state index contributed by atoms with van der Waals surface area (Å²) in [4.78, 5) is 18.4. The van der Waals surface area contributed by atoms with E-state index < -0.39 is 0 Å². The van der Waals surface area contributed by atoms with E-state index in [1.165, 1.54) is 12.4 Å². The summed E-state index contributed by atoms with van der Waals surface area (Å²) < 4.78 is 1.67. The van der Waals surface area contributed by atoms with Crippen LogP contribution in [0.4, 0.5) is 0 Å². The second kappa shape index (κ2) is 3.37. The number of nitrogens with zero attached hydrogens (tertiary/aromatic N) is 4. The Morgan fingerprint density at radius 3 is 2.57 bits per heavy atom. The molecule has 0 spiro atoms. The lowest BCUT2D eigenvalue weighted by molar-refractivity contribution is 0.112. The van der Waals surface area contributed by atoms with E-state index in [4.69, 9.17) is 0 Å². The first kappa shape index (κ1) is 8.55. The Morgan fingerprint density at radius 2 is 2.07 bits per heavy atom. The van der Waals surface area contributed by atoms with Crippen molar-refractivity contribution < 1.29 is 4.79 Å². The molecule has 0 N–H and O–H groups in total. The lowest BCUT2D eigenvalue weighted by Crippen LogP contribution is -1.93. The number of aromatic nitrogens is 4. The highest BCUT2D eigenvalue weighted by atomic mass is 16.1. The standard InChI is InChI=1S/C9H8N4O/c1-13-3-2-8(12-13)9-10-4-7(6-14)5-11-9/h2-6H,1H3. The van der Waals surface area contributed by atoms with Crippen LogP contribution in [0.5, 0.6) is 0 Å². The molecule has 0 atom stereocenters. The van der Waals surface area contributed by atoms with Gasteiger partial charge in [0.05, 0.1) is 5.56 Å². The first-order valence-electron chi connectivity index (χ1n) is 4.07. The van der Waals surface area contributed by atoms with Crippen LogP contribution in [0.3, 0.4) is 0 Å². The molecule has 0 unspecified atom stereocenters. The second-order valence-corrected chi connectivity index (χ2v) is 2.83. The minimum atomic E-state index is 0.463. The summed E-state index contributed by atoms with van der Waals surface area (Å²) in [5.74, 6) is 0.524. The molecule has 0 aliphatic carbocycles. The molecule has 0 bridgehead atoms. The van der Waals surface area contributed by atoms with Gasteiger partial charge in [-0.1, -0.05) is 0 Å². The monoisotopic (exact) mass is 188 g/mol. The summed E-state index contributed by atoms with van der Waals surface area (Å²) in [6.45, 7) is 0. The maximum absolute atomic E-state index is 10.4. The summed E-state index contributed by atoms with van der Waals surface area (Å²) in [6.07, 6.45) is 5.47. The highest BCUT2D eigenvalue weighted by Gasteiger charge is 2.03. The second-order valence-electron chi connectivity index (χ2n) is 2.83. The first-order chi connectivity index (χ1) is 6.79. The number of carbonyl (C=O) groups is 1. The largest absolute Gasteiger partial charge is 0.298 e. The van der Waals surface area contributed by atoms with Crippen LogP contribution in [-0.4, -0.2) is 26.0 Å². The predicted molar refractivity (Wildman–Crippen MR) is 49.6 cm³/mol. The van der Waals surface area contributed by atoms with Gasteiger partial charge < -0.3 is 0 Å².